The van der Waals surface area contributed by atoms with Crippen LogP contribution in [0.25, 0.3) is 0 Å². The minimum Gasteiger partial charge on any atom is -0.497 e. The molecule has 11 heteroatoms. The van der Waals surface area contributed by atoms with E-state index in [-0.39, 0.29) is 34.8 Å². The quantitative estimate of drug-likeness (QED) is 0.262. The summed E-state index contributed by atoms with van der Waals surface area (Å²) in [6, 6.07) is 17.6. The molecule has 45 heavy (non-hydrogen) atoms. The zero-order chi connectivity index (χ0) is 32.6. The summed E-state index contributed by atoms with van der Waals surface area (Å²) in [6.45, 7) is 3.22. The van der Waals surface area contributed by atoms with E-state index in [1.165, 1.54) is 37.3 Å². The molecule has 4 rings (SSSR count). The van der Waals surface area contributed by atoms with Crippen molar-refractivity contribution in [1.82, 2.24) is 10.2 Å². The number of anilines is 1. The van der Waals surface area contributed by atoms with Crippen molar-refractivity contribution in [1.29, 1.82) is 0 Å². The Bertz CT molecular complexity index is 1550. The minimum atomic E-state index is -4.28. The van der Waals surface area contributed by atoms with Crippen LogP contribution >= 0.6 is 0 Å². The first kappa shape index (κ1) is 33.6. The molecule has 0 radical (unpaired) electrons. The predicted molar refractivity (Wildman–Crippen MR) is 173 cm³/mol. The summed E-state index contributed by atoms with van der Waals surface area (Å²) in [4.78, 5) is 29.6. The molecular weight excluding hydrogens is 594 g/mol. The number of methoxy groups -OCH3 is 3. The maximum atomic E-state index is 14.4. The van der Waals surface area contributed by atoms with Crippen LogP contribution in [0, 0.1) is 6.92 Å². The number of amides is 2. The molecule has 1 saturated carbocycles. The van der Waals surface area contributed by atoms with Gasteiger partial charge in [-0.1, -0.05) is 49.6 Å². The molecule has 1 N–H and O–H groups in total. The molecule has 0 saturated heterocycles. The van der Waals surface area contributed by atoms with Gasteiger partial charge in [0.25, 0.3) is 10.0 Å². The van der Waals surface area contributed by atoms with Gasteiger partial charge in [0.15, 0.2) is 0 Å². The van der Waals surface area contributed by atoms with Crippen LogP contribution in [0.1, 0.15) is 50.2 Å². The van der Waals surface area contributed by atoms with Gasteiger partial charge in [0.1, 0.15) is 29.8 Å². The number of sulfonamides is 1. The lowest BCUT2D eigenvalue weighted by molar-refractivity contribution is -0.140. The molecule has 2 amide bonds. The lowest BCUT2D eigenvalue weighted by Gasteiger charge is -2.34. The Morgan fingerprint density at radius 2 is 1.51 bits per heavy atom. The third kappa shape index (κ3) is 8.08. The zero-order valence-corrected chi connectivity index (χ0v) is 27.4. The molecule has 0 aromatic heterocycles. The highest BCUT2D eigenvalue weighted by atomic mass is 32.2. The highest BCUT2D eigenvalue weighted by molar-refractivity contribution is 7.92. The molecule has 1 aliphatic rings. The average molecular weight is 638 g/mol. The van der Waals surface area contributed by atoms with Gasteiger partial charge in [-0.2, -0.15) is 0 Å². The molecule has 1 aliphatic carbocycles. The van der Waals surface area contributed by atoms with Gasteiger partial charge in [-0.05, 0) is 68.1 Å². The van der Waals surface area contributed by atoms with E-state index in [9.17, 15) is 18.0 Å². The van der Waals surface area contributed by atoms with E-state index in [2.05, 4.69) is 5.32 Å². The van der Waals surface area contributed by atoms with Gasteiger partial charge in [-0.15, -0.1) is 0 Å². The Kier molecular flexibility index (Phi) is 11.3. The minimum absolute atomic E-state index is 0.0125. The van der Waals surface area contributed by atoms with Gasteiger partial charge in [-0.25, -0.2) is 8.42 Å². The predicted octanol–water partition coefficient (Wildman–Crippen LogP) is 5.08. The number of aryl methyl sites for hydroxylation is 1. The van der Waals surface area contributed by atoms with Crippen molar-refractivity contribution in [2.45, 2.75) is 69.5 Å². The highest BCUT2D eigenvalue weighted by Crippen LogP contribution is 2.36. The summed E-state index contributed by atoms with van der Waals surface area (Å²) in [6.07, 6.45) is 4.22. The van der Waals surface area contributed by atoms with E-state index in [4.69, 9.17) is 14.2 Å². The largest absolute Gasteiger partial charge is 0.497 e. The first-order valence-electron chi connectivity index (χ1n) is 15.2. The van der Waals surface area contributed by atoms with Gasteiger partial charge in [0.05, 0.1) is 31.9 Å². The van der Waals surface area contributed by atoms with Crippen molar-refractivity contribution >= 4 is 27.5 Å². The molecule has 0 spiro atoms. The third-order valence-corrected chi connectivity index (χ3v) is 9.92. The van der Waals surface area contributed by atoms with Crippen molar-refractivity contribution < 1.29 is 32.2 Å². The van der Waals surface area contributed by atoms with Crippen LogP contribution < -0.4 is 23.8 Å². The molecule has 242 valence electrons. The number of rotatable bonds is 14. The van der Waals surface area contributed by atoms with Crippen molar-refractivity contribution in [3.8, 4) is 17.2 Å². The molecule has 0 heterocycles. The van der Waals surface area contributed by atoms with Crippen LogP contribution in [0.4, 0.5) is 5.69 Å². The molecule has 0 bridgehead atoms. The lowest BCUT2D eigenvalue weighted by Crippen LogP contribution is -2.53. The van der Waals surface area contributed by atoms with Gasteiger partial charge < -0.3 is 24.4 Å². The van der Waals surface area contributed by atoms with Crippen molar-refractivity contribution in [2.24, 2.45) is 0 Å². The Balaban J connectivity index is 1.78. The Hall–Kier alpha value is -4.25. The highest BCUT2D eigenvalue weighted by Gasteiger charge is 2.35. The smallest absolute Gasteiger partial charge is 0.264 e. The molecule has 3 aromatic rings. The van der Waals surface area contributed by atoms with E-state index in [1.54, 1.807) is 43.5 Å². The van der Waals surface area contributed by atoms with Crippen LogP contribution in [0.15, 0.2) is 71.6 Å². The standard InChI is InChI=1S/C34H43N3O7S/c1-6-30(34(39)35-26-9-7-8-10-26)36(22-25-13-15-27(42-3)16-14-25)33(38)23-37(31-21-28(43-4)17-20-32(31)44-5)45(40,41)29-18-11-24(2)12-19-29/h11-21,26,30H,6-10,22-23H2,1-5H3,(H,35,39)/t30-/m0/s1. The van der Waals surface area contributed by atoms with Crippen molar-refractivity contribution in [3.63, 3.8) is 0 Å². The number of hydrogen-bond donors (Lipinski definition) is 1. The second kappa shape index (κ2) is 15.2. The molecular formula is C34H43N3O7S. The summed E-state index contributed by atoms with van der Waals surface area (Å²) in [5, 5.41) is 3.13. The number of carbonyl (C=O) groups excluding carboxylic acids is 2. The Morgan fingerprint density at radius 1 is 0.889 bits per heavy atom. The van der Waals surface area contributed by atoms with E-state index in [1.807, 2.05) is 26.0 Å². The molecule has 1 fully saturated rings. The number of nitrogens with zero attached hydrogens (tertiary/aromatic N) is 2. The molecule has 3 aromatic carbocycles. The Labute approximate surface area is 266 Å². The van der Waals surface area contributed by atoms with Crippen LogP contribution in [-0.2, 0) is 26.2 Å². The van der Waals surface area contributed by atoms with E-state index in [0.717, 1.165) is 41.1 Å². The molecule has 0 aliphatic heterocycles. The maximum absolute atomic E-state index is 14.4. The van der Waals surface area contributed by atoms with Crippen molar-refractivity contribution in [2.75, 3.05) is 32.2 Å². The number of nitrogens with one attached hydrogen (secondary N) is 1. The van der Waals surface area contributed by atoms with Crippen LogP contribution in [0.2, 0.25) is 0 Å². The Morgan fingerprint density at radius 3 is 2.09 bits per heavy atom. The number of ether oxygens (including phenoxy) is 3. The van der Waals surface area contributed by atoms with Crippen molar-refractivity contribution in [3.05, 3.63) is 77.9 Å². The first-order valence-corrected chi connectivity index (χ1v) is 16.6. The summed E-state index contributed by atoms with van der Waals surface area (Å²) in [5.41, 5.74) is 1.79. The van der Waals surface area contributed by atoms with Crippen LogP contribution in [0.3, 0.4) is 0 Å². The van der Waals surface area contributed by atoms with E-state index >= 15 is 0 Å². The first-order chi connectivity index (χ1) is 21.6. The SMILES string of the molecule is CC[C@@H](C(=O)NC1CCCC1)N(Cc1ccc(OC)cc1)C(=O)CN(c1cc(OC)ccc1OC)S(=O)(=O)c1ccc(C)cc1. The summed E-state index contributed by atoms with van der Waals surface area (Å²) in [7, 11) is 0.198. The fourth-order valence-electron chi connectivity index (χ4n) is 5.56. The topological polar surface area (TPSA) is 114 Å². The second-order valence-corrected chi connectivity index (χ2v) is 13.0. The summed E-state index contributed by atoms with van der Waals surface area (Å²) in [5.74, 6) is 0.493. The van der Waals surface area contributed by atoms with E-state index in [0.29, 0.717) is 17.9 Å². The summed E-state index contributed by atoms with van der Waals surface area (Å²) < 4.78 is 45.8. The van der Waals surface area contributed by atoms with Gasteiger partial charge >= 0.3 is 0 Å². The van der Waals surface area contributed by atoms with Crippen LogP contribution in [-0.4, -0.2) is 65.1 Å². The van der Waals surface area contributed by atoms with Gasteiger partial charge in [0, 0.05) is 18.7 Å². The lowest BCUT2D eigenvalue weighted by atomic mass is 10.1. The van der Waals surface area contributed by atoms with Gasteiger partial charge in [-0.3, -0.25) is 13.9 Å². The monoisotopic (exact) mass is 637 g/mol. The number of hydrogen-bond acceptors (Lipinski definition) is 7. The zero-order valence-electron chi connectivity index (χ0n) is 26.6. The number of carbonyl (C=O) groups is 2. The molecule has 0 unspecified atom stereocenters. The fraction of sp³-hybridized carbons (Fsp3) is 0.412. The second-order valence-electron chi connectivity index (χ2n) is 11.1. The van der Waals surface area contributed by atoms with Gasteiger partial charge in [0.2, 0.25) is 11.8 Å². The third-order valence-electron chi connectivity index (χ3n) is 8.14. The fourth-order valence-corrected chi connectivity index (χ4v) is 6.97. The molecule has 1 atom stereocenters. The molecule has 10 nitrogen and oxygen atoms in total. The summed E-state index contributed by atoms with van der Waals surface area (Å²) >= 11 is 0. The van der Waals surface area contributed by atoms with E-state index < -0.39 is 28.5 Å². The van der Waals surface area contributed by atoms with Crippen LogP contribution in [0.5, 0.6) is 17.2 Å². The maximum Gasteiger partial charge on any atom is 0.264 e. The average Bonchev–Trinajstić information content (AvgIpc) is 3.56. The normalized spacial score (nSPS) is 14.0. The number of benzene rings is 3.